The molecule has 3 nitrogen and oxygen atoms in total. The van der Waals surface area contributed by atoms with Gasteiger partial charge in [-0.2, -0.15) is 5.26 Å². The van der Waals surface area contributed by atoms with Crippen LogP contribution in [0.15, 0.2) is 52.3 Å². The molecule has 1 heterocycles. The molecule has 120 valence electrons. The monoisotopic (exact) mass is 319 g/mol. The topological polar surface area (TPSA) is 48.2 Å². The van der Waals surface area contributed by atoms with Crippen LogP contribution in [0.4, 0.5) is 13.2 Å². The highest BCUT2D eigenvalue weighted by Gasteiger charge is 2.24. The fourth-order valence-electron chi connectivity index (χ4n) is 2.23. The van der Waals surface area contributed by atoms with Gasteiger partial charge in [0.15, 0.2) is 0 Å². The first-order chi connectivity index (χ1) is 10.9. The second kappa shape index (κ2) is 6.69. The van der Waals surface area contributed by atoms with Crippen LogP contribution in [-0.2, 0) is 5.92 Å². The molecule has 0 aliphatic carbocycles. The van der Waals surface area contributed by atoms with Crippen molar-refractivity contribution in [2.75, 3.05) is 13.7 Å². The zero-order valence-corrected chi connectivity index (χ0v) is 12.8. The van der Waals surface area contributed by atoms with Gasteiger partial charge >= 0.3 is 0 Å². The Bertz CT molecular complexity index is 717. The van der Waals surface area contributed by atoms with E-state index in [1.54, 1.807) is 19.2 Å². The number of halogens is 3. The number of alkyl halides is 3. The van der Waals surface area contributed by atoms with E-state index in [9.17, 15) is 13.2 Å². The summed E-state index contributed by atoms with van der Waals surface area (Å²) in [6.07, 6.45) is 1.78. The molecule has 0 unspecified atom stereocenters. The highest BCUT2D eigenvalue weighted by atomic mass is 19.3. The molecule has 0 fully saturated rings. The highest BCUT2D eigenvalue weighted by Crippen LogP contribution is 2.29. The van der Waals surface area contributed by atoms with Crippen molar-refractivity contribution < 1.29 is 13.2 Å². The van der Waals surface area contributed by atoms with Gasteiger partial charge < -0.3 is 5.32 Å². The molecule has 0 saturated carbocycles. The van der Waals surface area contributed by atoms with Gasteiger partial charge in [-0.3, -0.25) is 4.99 Å². The first-order valence-corrected chi connectivity index (χ1v) is 7.03. The molecule has 1 N–H and O–H groups in total. The van der Waals surface area contributed by atoms with Crippen molar-refractivity contribution in [2.24, 2.45) is 4.99 Å². The van der Waals surface area contributed by atoms with Crippen LogP contribution >= 0.6 is 0 Å². The third-order valence-corrected chi connectivity index (χ3v) is 3.56. The summed E-state index contributed by atoms with van der Waals surface area (Å²) < 4.78 is 39.6. The maximum absolute atomic E-state index is 13.2. The number of rotatable bonds is 5. The van der Waals surface area contributed by atoms with Gasteiger partial charge in [-0.1, -0.05) is 24.3 Å². The number of hydrogen-bond donors (Lipinski definition) is 1. The Morgan fingerprint density at radius 1 is 1.39 bits per heavy atom. The van der Waals surface area contributed by atoms with E-state index >= 15 is 0 Å². The molecular formula is C17H16F3N3. The SMILES string of the molecule is CN/C(C#N)=C/C1=C(CF)CC(c2ccc(C(C)(F)F)cc2)=N1. The molecule has 0 radical (unpaired) electrons. The predicted molar refractivity (Wildman–Crippen MR) is 82.9 cm³/mol. The van der Waals surface area contributed by atoms with Crippen LogP contribution in [0.2, 0.25) is 0 Å². The van der Waals surface area contributed by atoms with Crippen molar-refractivity contribution in [3.8, 4) is 6.07 Å². The number of nitrogens with one attached hydrogen (secondary N) is 1. The van der Waals surface area contributed by atoms with Gasteiger partial charge in [0.2, 0.25) is 0 Å². The van der Waals surface area contributed by atoms with E-state index in [0.717, 1.165) is 6.92 Å². The minimum atomic E-state index is -2.90. The van der Waals surface area contributed by atoms with Crippen LogP contribution < -0.4 is 5.32 Å². The summed E-state index contributed by atoms with van der Waals surface area (Å²) >= 11 is 0. The zero-order valence-electron chi connectivity index (χ0n) is 12.8. The first kappa shape index (κ1) is 16.8. The number of benzene rings is 1. The number of nitriles is 1. The molecule has 1 aromatic carbocycles. The number of allylic oxidation sites excluding steroid dienone is 3. The van der Waals surface area contributed by atoms with E-state index in [1.807, 2.05) is 6.07 Å². The molecule has 6 heteroatoms. The van der Waals surface area contributed by atoms with Gasteiger partial charge in [0.05, 0.1) is 11.4 Å². The normalized spacial score (nSPS) is 15.5. The van der Waals surface area contributed by atoms with Gasteiger partial charge in [0.1, 0.15) is 18.4 Å². The smallest absolute Gasteiger partial charge is 0.270 e. The van der Waals surface area contributed by atoms with E-state index < -0.39 is 12.6 Å². The van der Waals surface area contributed by atoms with E-state index in [0.29, 0.717) is 29.0 Å². The van der Waals surface area contributed by atoms with Crippen molar-refractivity contribution in [3.05, 3.63) is 58.4 Å². The van der Waals surface area contributed by atoms with Crippen molar-refractivity contribution in [1.29, 1.82) is 5.26 Å². The third-order valence-electron chi connectivity index (χ3n) is 3.56. The highest BCUT2D eigenvalue weighted by molar-refractivity contribution is 6.04. The van der Waals surface area contributed by atoms with Crippen LogP contribution in [0, 0.1) is 11.3 Å². The summed E-state index contributed by atoms with van der Waals surface area (Å²) in [5.74, 6) is -2.90. The average Bonchev–Trinajstić information content (AvgIpc) is 2.94. The largest absolute Gasteiger partial charge is 0.380 e. The number of hydrogen-bond acceptors (Lipinski definition) is 3. The molecule has 0 atom stereocenters. The summed E-state index contributed by atoms with van der Waals surface area (Å²) in [6, 6.07) is 7.73. The maximum Gasteiger partial charge on any atom is 0.270 e. The van der Waals surface area contributed by atoms with Crippen LogP contribution in [0.1, 0.15) is 24.5 Å². The summed E-state index contributed by atoms with van der Waals surface area (Å²) in [5, 5.41) is 11.6. The Hall–Kier alpha value is -2.55. The third kappa shape index (κ3) is 3.81. The summed E-state index contributed by atoms with van der Waals surface area (Å²) in [4.78, 5) is 4.34. The summed E-state index contributed by atoms with van der Waals surface area (Å²) in [6.45, 7) is 0.161. The molecule has 0 saturated heterocycles. The lowest BCUT2D eigenvalue weighted by Crippen LogP contribution is -2.07. The molecule has 1 aliphatic heterocycles. The first-order valence-electron chi connectivity index (χ1n) is 7.03. The molecule has 0 spiro atoms. The van der Waals surface area contributed by atoms with Crippen molar-refractivity contribution in [3.63, 3.8) is 0 Å². The van der Waals surface area contributed by atoms with Crippen LogP contribution in [-0.4, -0.2) is 19.4 Å². The molecule has 0 amide bonds. The molecular weight excluding hydrogens is 303 g/mol. The fourth-order valence-corrected chi connectivity index (χ4v) is 2.23. The van der Waals surface area contributed by atoms with Gasteiger partial charge in [-0.05, 0) is 17.2 Å². The van der Waals surface area contributed by atoms with E-state index in [4.69, 9.17) is 5.26 Å². The average molecular weight is 319 g/mol. The van der Waals surface area contributed by atoms with Gasteiger partial charge in [0, 0.05) is 26.0 Å². The Kier molecular flexibility index (Phi) is 4.89. The van der Waals surface area contributed by atoms with Crippen molar-refractivity contribution >= 4 is 5.71 Å². The Labute approximate surface area is 132 Å². The molecule has 23 heavy (non-hydrogen) atoms. The van der Waals surface area contributed by atoms with E-state index in [2.05, 4.69) is 10.3 Å². The fraction of sp³-hybridized carbons (Fsp3) is 0.294. The summed E-state index contributed by atoms with van der Waals surface area (Å²) in [5.41, 5.74) is 2.32. The van der Waals surface area contributed by atoms with E-state index in [-0.39, 0.29) is 11.3 Å². The van der Waals surface area contributed by atoms with Crippen molar-refractivity contribution in [1.82, 2.24) is 5.32 Å². The minimum Gasteiger partial charge on any atom is -0.380 e. The molecule has 0 bridgehead atoms. The Morgan fingerprint density at radius 2 is 2.04 bits per heavy atom. The van der Waals surface area contributed by atoms with Gasteiger partial charge in [0.25, 0.3) is 5.92 Å². The molecule has 1 aliphatic rings. The minimum absolute atomic E-state index is 0.0828. The van der Waals surface area contributed by atoms with Gasteiger partial charge in [-0.25, -0.2) is 13.2 Å². The standard InChI is InChI=1S/C17H16F3N3/c1-17(19,20)13-5-3-11(4-6-13)15-7-12(9-18)16(23-15)8-14(10-21)22-2/h3-6,8,22H,7,9H2,1-2H3/b14-8+. The quantitative estimate of drug-likeness (QED) is 0.838. The Balaban J connectivity index is 2.30. The van der Waals surface area contributed by atoms with Crippen LogP contribution in [0.3, 0.4) is 0 Å². The van der Waals surface area contributed by atoms with Gasteiger partial charge in [-0.15, -0.1) is 0 Å². The lowest BCUT2D eigenvalue weighted by atomic mass is 10.0. The van der Waals surface area contributed by atoms with Crippen LogP contribution in [0.25, 0.3) is 0 Å². The second-order valence-corrected chi connectivity index (χ2v) is 5.24. The second-order valence-electron chi connectivity index (χ2n) is 5.24. The molecule has 1 aromatic rings. The lowest BCUT2D eigenvalue weighted by Gasteiger charge is -2.11. The van der Waals surface area contributed by atoms with Crippen molar-refractivity contribution in [2.45, 2.75) is 19.3 Å². The summed E-state index contributed by atoms with van der Waals surface area (Å²) in [7, 11) is 1.59. The van der Waals surface area contributed by atoms with E-state index in [1.165, 1.54) is 18.2 Å². The number of nitrogens with zero attached hydrogens (tertiary/aromatic N) is 2. The molecule has 2 rings (SSSR count). The zero-order chi connectivity index (χ0) is 17.0. The molecule has 0 aromatic heterocycles. The van der Waals surface area contributed by atoms with Crippen LogP contribution in [0.5, 0.6) is 0 Å². The Morgan fingerprint density at radius 3 is 2.52 bits per heavy atom. The number of aliphatic imine (C=N–C) groups is 1. The lowest BCUT2D eigenvalue weighted by molar-refractivity contribution is 0.0175. The predicted octanol–water partition coefficient (Wildman–Crippen LogP) is 3.84. The maximum atomic E-state index is 13.2.